The first-order chi connectivity index (χ1) is 10.6. The lowest BCUT2D eigenvalue weighted by Crippen LogP contribution is -2.56. The van der Waals surface area contributed by atoms with Crippen molar-refractivity contribution in [1.29, 1.82) is 0 Å². The fourth-order valence-corrected chi connectivity index (χ4v) is 8.52. The van der Waals surface area contributed by atoms with Gasteiger partial charge in [-0.05, 0) is 91.8 Å². The molecule has 0 heteroatoms. The van der Waals surface area contributed by atoms with E-state index in [4.69, 9.17) is 6.58 Å². The third kappa shape index (κ3) is 1.46. The van der Waals surface area contributed by atoms with Gasteiger partial charge in [-0.1, -0.05) is 44.1 Å². The molecule has 0 aliphatic heterocycles. The zero-order valence-corrected chi connectivity index (χ0v) is 14.4. The van der Waals surface area contributed by atoms with Gasteiger partial charge >= 0.3 is 0 Å². The standard InChI is InChI=1S/C22H32/c1-14-12-22-13-15(2)20-17(19(22)10-9-18(14)22)8-7-16-6-4-5-11-21(16,20)3/h16-20H,1-2,4-13H2,3H3. The molecule has 5 aliphatic carbocycles. The maximum Gasteiger partial charge on any atom is -0.0118 e. The van der Waals surface area contributed by atoms with Crippen LogP contribution in [0.15, 0.2) is 24.3 Å². The molecular weight excluding hydrogens is 264 g/mol. The molecule has 0 nitrogen and oxygen atoms in total. The van der Waals surface area contributed by atoms with Crippen molar-refractivity contribution < 1.29 is 0 Å². The molecule has 7 unspecified atom stereocenters. The van der Waals surface area contributed by atoms with E-state index in [0.29, 0.717) is 10.8 Å². The van der Waals surface area contributed by atoms with Gasteiger partial charge in [-0.2, -0.15) is 0 Å². The van der Waals surface area contributed by atoms with E-state index in [1.165, 1.54) is 64.2 Å². The summed E-state index contributed by atoms with van der Waals surface area (Å²) in [5.74, 6) is 4.71. The number of hydrogen-bond acceptors (Lipinski definition) is 0. The molecule has 0 saturated heterocycles. The maximum absolute atomic E-state index is 4.70. The van der Waals surface area contributed by atoms with E-state index >= 15 is 0 Å². The highest BCUT2D eigenvalue weighted by Gasteiger charge is 2.66. The normalized spacial score (nSPS) is 56.5. The van der Waals surface area contributed by atoms with Gasteiger partial charge in [0.25, 0.3) is 0 Å². The van der Waals surface area contributed by atoms with E-state index in [1.807, 2.05) is 0 Å². The predicted molar refractivity (Wildman–Crippen MR) is 92.4 cm³/mol. The van der Waals surface area contributed by atoms with Crippen LogP contribution in [0.1, 0.15) is 71.1 Å². The Morgan fingerprint density at radius 2 is 1.73 bits per heavy atom. The Balaban J connectivity index is 1.53. The maximum atomic E-state index is 4.70. The van der Waals surface area contributed by atoms with Gasteiger partial charge in [0.2, 0.25) is 0 Å². The fraction of sp³-hybridized carbons (Fsp3) is 0.818. The summed E-state index contributed by atoms with van der Waals surface area (Å²) < 4.78 is 0. The van der Waals surface area contributed by atoms with Crippen LogP contribution in [0.5, 0.6) is 0 Å². The van der Waals surface area contributed by atoms with Crippen molar-refractivity contribution in [3.63, 3.8) is 0 Å². The van der Waals surface area contributed by atoms with E-state index < -0.39 is 0 Å². The van der Waals surface area contributed by atoms with Crippen molar-refractivity contribution in [2.75, 3.05) is 0 Å². The Bertz CT molecular complexity index is 542. The van der Waals surface area contributed by atoms with Crippen molar-refractivity contribution in [3.8, 4) is 0 Å². The van der Waals surface area contributed by atoms with Crippen molar-refractivity contribution >= 4 is 0 Å². The zero-order chi connectivity index (χ0) is 15.1. The quantitative estimate of drug-likeness (QED) is 0.471. The van der Waals surface area contributed by atoms with Crippen molar-refractivity contribution in [3.05, 3.63) is 24.3 Å². The van der Waals surface area contributed by atoms with Gasteiger partial charge in [-0.25, -0.2) is 0 Å². The van der Waals surface area contributed by atoms with Crippen molar-refractivity contribution in [2.24, 2.45) is 40.4 Å². The lowest BCUT2D eigenvalue weighted by molar-refractivity contribution is -0.0949. The van der Waals surface area contributed by atoms with Crippen LogP contribution in [0.3, 0.4) is 0 Å². The van der Waals surface area contributed by atoms with Gasteiger partial charge in [0.1, 0.15) is 0 Å². The lowest BCUT2D eigenvalue weighted by atomic mass is 9.40. The fourth-order valence-electron chi connectivity index (χ4n) is 8.52. The number of hydrogen-bond donors (Lipinski definition) is 0. The third-order valence-corrected chi connectivity index (χ3v) is 9.20. The summed E-state index contributed by atoms with van der Waals surface area (Å²) in [4.78, 5) is 0. The first-order valence-electron chi connectivity index (χ1n) is 9.91. The summed E-state index contributed by atoms with van der Waals surface area (Å²) in [6, 6.07) is 0. The van der Waals surface area contributed by atoms with Crippen LogP contribution in [0.2, 0.25) is 0 Å². The Hall–Kier alpha value is -0.520. The molecule has 0 heterocycles. The van der Waals surface area contributed by atoms with E-state index in [2.05, 4.69) is 13.5 Å². The molecular formula is C22H32. The van der Waals surface area contributed by atoms with Gasteiger partial charge in [0, 0.05) is 0 Å². The Kier molecular flexibility index (Phi) is 2.72. The largest absolute Gasteiger partial charge is 0.0995 e. The van der Waals surface area contributed by atoms with Crippen LogP contribution in [-0.2, 0) is 0 Å². The smallest absolute Gasteiger partial charge is 0.0118 e. The van der Waals surface area contributed by atoms with Crippen LogP contribution < -0.4 is 0 Å². The topological polar surface area (TPSA) is 0 Å². The molecule has 0 aromatic rings. The summed E-state index contributed by atoms with van der Waals surface area (Å²) in [5, 5.41) is 0. The zero-order valence-electron chi connectivity index (χ0n) is 14.4. The minimum absolute atomic E-state index is 0.596. The number of allylic oxidation sites excluding steroid dienone is 2. The summed E-state index contributed by atoms with van der Waals surface area (Å²) >= 11 is 0. The van der Waals surface area contributed by atoms with Gasteiger partial charge in [0.05, 0.1) is 0 Å². The molecule has 0 aromatic carbocycles. The molecule has 5 fully saturated rings. The van der Waals surface area contributed by atoms with Crippen LogP contribution in [0.4, 0.5) is 0 Å². The Morgan fingerprint density at radius 3 is 2.55 bits per heavy atom. The molecule has 0 aromatic heterocycles. The summed E-state index contributed by atoms with van der Waals surface area (Å²) in [6.45, 7) is 11.7. The highest BCUT2D eigenvalue weighted by molar-refractivity contribution is 5.33. The highest BCUT2D eigenvalue weighted by atomic mass is 14.7. The molecule has 22 heavy (non-hydrogen) atoms. The molecule has 0 bridgehead atoms. The monoisotopic (exact) mass is 296 g/mol. The predicted octanol–water partition coefficient (Wildman–Crippen LogP) is 6.14. The van der Waals surface area contributed by atoms with Crippen molar-refractivity contribution in [1.82, 2.24) is 0 Å². The van der Waals surface area contributed by atoms with E-state index in [1.54, 1.807) is 11.1 Å². The van der Waals surface area contributed by atoms with Crippen LogP contribution >= 0.6 is 0 Å². The minimum Gasteiger partial charge on any atom is -0.0995 e. The van der Waals surface area contributed by atoms with Gasteiger partial charge in [-0.3, -0.25) is 0 Å². The van der Waals surface area contributed by atoms with Crippen molar-refractivity contribution in [2.45, 2.75) is 71.1 Å². The summed E-state index contributed by atoms with van der Waals surface area (Å²) in [6.07, 6.45) is 14.6. The average molecular weight is 296 g/mol. The molecule has 0 radical (unpaired) electrons. The van der Waals surface area contributed by atoms with E-state index in [0.717, 1.165) is 29.6 Å². The first kappa shape index (κ1) is 13.9. The second kappa shape index (κ2) is 4.31. The van der Waals surface area contributed by atoms with Gasteiger partial charge < -0.3 is 0 Å². The second-order valence-corrected chi connectivity index (χ2v) is 9.81. The van der Waals surface area contributed by atoms with Crippen LogP contribution in [0, 0.1) is 40.4 Å². The van der Waals surface area contributed by atoms with E-state index in [-0.39, 0.29) is 0 Å². The molecule has 0 amide bonds. The Labute approximate surface area is 136 Å². The average Bonchev–Trinajstić information content (AvgIpc) is 2.78. The molecule has 1 spiro atoms. The minimum atomic E-state index is 0.596. The Morgan fingerprint density at radius 1 is 0.909 bits per heavy atom. The van der Waals surface area contributed by atoms with Gasteiger partial charge in [0.15, 0.2) is 0 Å². The lowest BCUT2D eigenvalue weighted by Gasteiger charge is -2.64. The molecule has 7 atom stereocenters. The number of rotatable bonds is 0. The van der Waals surface area contributed by atoms with E-state index in [9.17, 15) is 0 Å². The summed E-state index contributed by atoms with van der Waals surface area (Å²) in [5.41, 5.74) is 4.47. The summed E-state index contributed by atoms with van der Waals surface area (Å²) in [7, 11) is 0. The molecule has 5 saturated carbocycles. The number of fused-ring (bicyclic) bond motifs is 4. The van der Waals surface area contributed by atoms with Gasteiger partial charge in [-0.15, -0.1) is 0 Å². The molecule has 5 rings (SSSR count). The van der Waals surface area contributed by atoms with Crippen LogP contribution in [0.25, 0.3) is 0 Å². The molecule has 0 N–H and O–H groups in total. The first-order valence-corrected chi connectivity index (χ1v) is 9.91. The highest BCUT2D eigenvalue weighted by Crippen LogP contribution is 2.74. The molecule has 5 aliphatic rings. The molecule has 120 valence electrons. The third-order valence-electron chi connectivity index (χ3n) is 9.20. The SMILES string of the molecule is C=C1CC23CC(=C)C2CCC3C2CCC3CCCCC3(C)C12. The second-order valence-electron chi connectivity index (χ2n) is 9.81. The van der Waals surface area contributed by atoms with Crippen LogP contribution in [-0.4, -0.2) is 0 Å².